The second-order valence-electron chi connectivity index (χ2n) is 25.1. The van der Waals surface area contributed by atoms with Gasteiger partial charge in [-0.15, -0.1) is 0 Å². The van der Waals surface area contributed by atoms with Gasteiger partial charge in [0.1, 0.15) is 23.0 Å². The molecule has 440 valence electrons. The largest absolute Gasteiger partial charge is 0.458 e. The van der Waals surface area contributed by atoms with Crippen molar-refractivity contribution in [3.8, 4) is 79.5 Å². The van der Waals surface area contributed by atoms with Crippen molar-refractivity contribution in [3.63, 3.8) is 0 Å². The van der Waals surface area contributed by atoms with Crippen LogP contribution in [0.3, 0.4) is 0 Å². The lowest BCUT2D eigenvalue weighted by Crippen LogP contribution is -2.57. The zero-order chi connectivity index (χ0) is 62.0. The molecule has 2 aliphatic heterocycles. The van der Waals surface area contributed by atoms with Gasteiger partial charge in [0.25, 0.3) is 6.71 Å². The van der Waals surface area contributed by atoms with Crippen molar-refractivity contribution in [2.75, 3.05) is 0 Å². The van der Waals surface area contributed by atoms with Crippen molar-refractivity contribution < 1.29 is 9.47 Å². The molecular formula is C86H51BN6O2. The molecule has 2 aliphatic rings. The number of nitrogens with zero attached hydrogens (tertiary/aromatic N) is 6. The van der Waals surface area contributed by atoms with E-state index in [1.54, 1.807) is 0 Å². The molecule has 0 unspecified atom stereocenters. The first kappa shape index (κ1) is 52.0. The summed E-state index contributed by atoms with van der Waals surface area (Å²) in [5, 5.41) is 10.5. The fourth-order valence-electron chi connectivity index (χ4n) is 16.1. The molecule has 5 aromatic heterocycles. The highest BCUT2D eigenvalue weighted by Crippen LogP contribution is 2.47. The van der Waals surface area contributed by atoms with Gasteiger partial charge in [-0.05, 0) is 124 Å². The van der Waals surface area contributed by atoms with Crippen molar-refractivity contribution >= 4 is 121 Å². The molecule has 8 nitrogen and oxygen atoms in total. The lowest BCUT2D eigenvalue weighted by atomic mass is 9.35. The molecule has 9 heteroatoms. The van der Waals surface area contributed by atoms with E-state index >= 15 is 0 Å². The molecule has 19 aromatic rings. The SMILES string of the molecule is c1ccc(-c2ccc(-c3nc(-n4c5ccccc5c5c6c7ccccc7n(-c7cccc(-c8cccc(-n9c%10ccccc%10c%10c%11c%12ccccc%12n(-c%12cc%13c%14c(c%12)Oc%12ccccc%12B%14c%12ccccc%12O%13)c%11ccc%109)c8)c7)c6ccc54)nc4ccccc34)cc2)cc1. The molecule has 0 radical (unpaired) electrons. The highest BCUT2D eigenvalue weighted by molar-refractivity contribution is 6.98. The number of rotatable bonds is 7. The first-order valence-corrected chi connectivity index (χ1v) is 32.4. The van der Waals surface area contributed by atoms with Crippen molar-refractivity contribution in [2.45, 2.75) is 0 Å². The van der Waals surface area contributed by atoms with Crippen LogP contribution >= 0.6 is 0 Å². The van der Waals surface area contributed by atoms with Crippen LogP contribution in [0.15, 0.2) is 309 Å². The smallest absolute Gasteiger partial charge is 0.260 e. The Bertz CT molecular complexity index is 6420. The quantitative estimate of drug-likeness (QED) is 0.149. The molecule has 14 aromatic carbocycles. The van der Waals surface area contributed by atoms with Crippen LogP contribution in [0, 0.1) is 0 Å². The molecule has 21 rings (SSSR count). The summed E-state index contributed by atoms with van der Waals surface area (Å²) in [7, 11) is 0. The Morgan fingerprint density at radius 2 is 0.642 bits per heavy atom. The number of fused-ring (bicyclic) bond motifs is 19. The second-order valence-corrected chi connectivity index (χ2v) is 25.1. The Hall–Kier alpha value is -12.7. The molecule has 0 saturated heterocycles. The third kappa shape index (κ3) is 7.54. The van der Waals surface area contributed by atoms with E-state index in [1.807, 2.05) is 0 Å². The summed E-state index contributed by atoms with van der Waals surface area (Å²) < 4.78 is 23.3. The van der Waals surface area contributed by atoms with Crippen LogP contribution in [0.4, 0.5) is 0 Å². The minimum atomic E-state index is -0.00524. The standard InChI is InChI=1S/C86H51BN6O2/c1-2-20-52(21-3-1)53-40-42-54(43-41-53)85-60-26-4-11-33-67(60)88-86(89-85)93-71-37-15-8-30-64(71)83-75(93)47-46-73-81(83)62-28-6-13-35-69(62)91(73)58-25-19-23-56(49-58)55-22-18-24-57(48-55)90-68-34-12-5-27-61(68)80-72(90)44-45-74-82(80)63-29-7-14-36-70(63)92(74)59-50-78-84-79(51-59)95-77-39-17-10-32-66(77)87(84)65-31-9-16-38-76(65)94-78/h1-51H. The summed E-state index contributed by atoms with van der Waals surface area (Å²) in [5.41, 5.74) is 22.7. The van der Waals surface area contributed by atoms with E-state index < -0.39 is 0 Å². The van der Waals surface area contributed by atoms with E-state index in [9.17, 15) is 0 Å². The summed E-state index contributed by atoms with van der Waals surface area (Å²) >= 11 is 0. The molecule has 0 saturated carbocycles. The van der Waals surface area contributed by atoms with E-state index in [0.717, 1.165) is 145 Å². The summed E-state index contributed by atoms with van der Waals surface area (Å²) in [6.07, 6.45) is 0. The summed E-state index contributed by atoms with van der Waals surface area (Å²) in [5.74, 6) is 3.99. The van der Waals surface area contributed by atoms with Crippen LogP contribution < -0.4 is 25.9 Å². The van der Waals surface area contributed by atoms with Crippen molar-refractivity contribution in [2.24, 2.45) is 0 Å². The Morgan fingerprint density at radius 1 is 0.253 bits per heavy atom. The third-order valence-electron chi connectivity index (χ3n) is 20.1. The maximum atomic E-state index is 6.85. The maximum absolute atomic E-state index is 6.85. The lowest BCUT2D eigenvalue weighted by molar-refractivity contribution is 0.464. The minimum Gasteiger partial charge on any atom is -0.458 e. The third-order valence-corrected chi connectivity index (χ3v) is 20.1. The average molecular weight is 1210 g/mol. The van der Waals surface area contributed by atoms with Crippen LogP contribution in [0.2, 0.25) is 0 Å². The highest BCUT2D eigenvalue weighted by atomic mass is 16.5. The second kappa shape index (κ2) is 19.9. The van der Waals surface area contributed by atoms with Crippen LogP contribution in [-0.2, 0) is 0 Å². The Balaban J connectivity index is 0.693. The molecule has 95 heavy (non-hydrogen) atoms. The van der Waals surface area contributed by atoms with E-state index in [2.05, 4.69) is 328 Å². The van der Waals surface area contributed by atoms with Crippen molar-refractivity contribution in [1.29, 1.82) is 0 Å². The Morgan fingerprint density at radius 3 is 1.16 bits per heavy atom. The number of hydrogen-bond acceptors (Lipinski definition) is 4. The molecule has 0 bridgehead atoms. The summed E-state index contributed by atoms with van der Waals surface area (Å²) in [6.45, 7) is -0.00524. The molecule has 0 N–H and O–H groups in total. The molecule has 0 spiro atoms. The highest BCUT2D eigenvalue weighted by Gasteiger charge is 2.40. The Kier molecular flexibility index (Phi) is 10.9. The predicted octanol–water partition coefficient (Wildman–Crippen LogP) is 19.7. The zero-order valence-corrected chi connectivity index (χ0v) is 51.0. The van der Waals surface area contributed by atoms with E-state index in [4.69, 9.17) is 19.4 Å². The molecule has 0 atom stereocenters. The number of aromatic nitrogens is 6. The molecule has 7 heterocycles. The number of benzene rings is 14. The number of ether oxygens (including phenoxy) is 2. The lowest BCUT2D eigenvalue weighted by Gasteiger charge is -2.33. The zero-order valence-electron chi connectivity index (χ0n) is 51.0. The van der Waals surface area contributed by atoms with Crippen LogP contribution in [0.5, 0.6) is 23.0 Å². The van der Waals surface area contributed by atoms with Crippen LogP contribution in [0.25, 0.3) is 155 Å². The molecular weight excluding hydrogens is 1160 g/mol. The molecule has 0 amide bonds. The molecule has 0 aliphatic carbocycles. The minimum absolute atomic E-state index is 0.00524. The monoisotopic (exact) mass is 1210 g/mol. The maximum Gasteiger partial charge on any atom is 0.260 e. The summed E-state index contributed by atoms with van der Waals surface area (Å²) in [4.78, 5) is 10.9. The van der Waals surface area contributed by atoms with Gasteiger partial charge in [0, 0.05) is 83.0 Å². The summed E-state index contributed by atoms with van der Waals surface area (Å²) in [6, 6.07) is 111. The molecule has 0 fully saturated rings. The van der Waals surface area contributed by atoms with Gasteiger partial charge >= 0.3 is 0 Å². The Labute approximate surface area is 544 Å². The topological polar surface area (TPSA) is 64.0 Å². The fraction of sp³-hybridized carbons (Fsp3) is 0. The first-order valence-electron chi connectivity index (χ1n) is 32.4. The van der Waals surface area contributed by atoms with Gasteiger partial charge in [-0.25, -0.2) is 9.97 Å². The van der Waals surface area contributed by atoms with Gasteiger partial charge in [0.15, 0.2) is 0 Å². The predicted molar refractivity (Wildman–Crippen MR) is 391 cm³/mol. The number of hydrogen-bond donors (Lipinski definition) is 0. The van der Waals surface area contributed by atoms with Gasteiger partial charge in [0.05, 0.1) is 61.0 Å². The average Bonchev–Trinajstić information content (AvgIpc) is 1.60. The van der Waals surface area contributed by atoms with Gasteiger partial charge in [-0.1, -0.05) is 206 Å². The van der Waals surface area contributed by atoms with Gasteiger partial charge < -0.3 is 23.2 Å². The van der Waals surface area contributed by atoms with E-state index in [-0.39, 0.29) is 6.71 Å². The van der Waals surface area contributed by atoms with Gasteiger partial charge in [-0.2, -0.15) is 0 Å². The normalized spacial score (nSPS) is 12.6. The van der Waals surface area contributed by atoms with Crippen molar-refractivity contribution in [1.82, 2.24) is 28.2 Å². The van der Waals surface area contributed by atoms with Crippen LogP contribution in [-0.4, -0.2) is 34.9 Å². The van der Waals surface area contributed by atoms with E-state index in [1.165, 1.54) is 43.3 Å². The first-order chi connectivity index (χ1) is 47.1. The fourth-order valence-corrected chi connectivity index (χ4v) is 16.1. The van der Waals surface area contributed by atoms with E-state index in [0.29, 0.717) is 5.95 Å². The van der Waals surface area contributed by atoms with Crippen LogP contribution in [0.1, 0.15) is 0 Å². The van der Waals surface area contributed by atoms with Crippen molar-refractivity contribution in [3.05, 3.63) is 309 Å². The van der Waals surface area contributed by atoms with Gasteiger partial charge in [0.2, 0.25) is 5.95 Å². The van der Waals surface area contributed by atoms with Gasteiger partial charge in [-0.3, -0.25) is 4.57 Å². The number of para-hydroxylation sites is 7.